The van der Waals surface area contributed by atoms with Gasteiger partial charge in [-0.15, -0.1) is 0 Å². The zero-order valence-electron chi connectivity index (χ0n) is 14.4. The van der Waals surface area contributed by atoms with Crippen molar-refractivity contribution >= 4 is 18.0 Å². The van der Waals surface area contributed by atoms with Crippen molar-refractivity contribution in [2.45, 2.75) is 13.5 Å². The van der Waals surface area contributed by atoms with Gasteiger partial charge < -0.3 is 9.64 Å². The number of carbonyl (C=O) groups excluding carboxylic acids is 2. The molecule has 1 amide bonds. The van der Waals surface area contributed by atoms with E-state index in [-0.39, 0.29) is 23.6 Å². The van der Waals surface area contributed by atoms with E-state index < -0.39 is 11.8 Å². The van der Waals surface area contributed by atoms with E-state index in [1.54, 1.807) is 37.5 Å². The number of allylic oxidation sites excluding steroid dienone is 1. The number of nitrogens with zero attached hydrogens (tertiary/aromatic N) is 2. The molecule has 1 aromatic heterocycles. The number of rotatable bonds is 4. The van der Waals surface area contributed by atoms with Gasteiger partial charge in [-0.25, -0.2) is 9.18 Å². The Balaban J connectivity index is 2.03. The molecule has 2 aromatic rings. The summed E-state index contributed by atoms with van der Waals surface area (Å²) in [6.45, 7) is 1.96. The predicted octanol–water partition coefficient (Wildman–Crippen LogP) is 3.09. The van der Waals surface area contributed by atoms with Crippen LogP contribution in [0.1, 0.15) is 18.1 Å². The van der Waals surface area contributed by atoms with E-state index in [0.717, 1.165) is 5.56 Å². The van der Waals surface area contributed by atoms with Gasteiger partial charge in [0.15, 0.2) is 0 Å². The number of methoxy groups -OCH3 is 1. The Hall–Kier alpha value is -3.28. The number of hydrogen-bond acceptors (Lipinski definition) is 4. The molecule has 0 atom stereocenters. The number of esters is 1. The maximum absolute atomic E-state index is 13.5. The molecule has 2 heterocycles. The molecule has 0 N–H and O–H groups in total. The predicted molar refractivity (Wildman–Crippen MR) is 93.9 cm³/mol. The summed E-state index contributed by atoms with van der Waals surface area (Å²) in [4.78, 5) is 30.7. The summed E-state index contributed by atoms with van der Waals surface area (Å²) in [7, 11) is 1.26. The summed E-state index contributed by atoms with van der Waals surface area (Å²) in [6.07, 6.45) is 4.81. The fourth-order valence-electron chi connectivity index (χ4n) is 2.86. The van der Waals surface area contributed by atoms with Crippen LogP contribution >= 0.6 is 0 Å². The monoisotopic (exact) mass is 352 g/mol. The van der Waals surface area contributed by atoms with Crippen molar-refractivity contribution in [3.8, 4) is 0 Å². The molecule has 0 unspecified atom stereocenters. The van der Waals surface area contributed by atoms with Gasteiger partial charge >= 0.3 is 5.97 Å². The lowest BCUT2D eigenvalue weighted by Crippen LogP contribution is -2.24. The summed E-state index contributed by atoms with van der Waals surface area (Å²) in [6, 6.07) is 9.45. The number of hydrogen-bond donors (Lipinski definition) is 0. The number of amides is 1. The zero-order chi connectivity index (χ0) is 18.7. The summed E-state index contributed by atoms with van der Waals surface area (Å²) in [5.41, 5.74) is 2.19. The van der Waals surface area contributed by atoms with Crippen LogP contribution in [-0.2, 0) is 20.9 Å². The van der Waals surface area contributed by atoms with Crippen molar-refractivity contribution in [1.29, 1.82) is 0 Å². The summed E-state index contributed by atoms with van der Waals surface area (Å²) < 4.78 is 18.3. The van der Waals surface area contributed by atoms with Crippen LogP contribution < -0.4 is 0 Å². The number of pyridine rings is 1. The van der Waals surface area contributed by atoms with Gasteiger partial charge in [-0.05, 0) is 42.3 Å². The highest BCUT2D eigenvalue weighted by Crippen LogP contribution is 2.32. The largest absolute Gasteiger partial charge is 0.465 e. The van der Waals surface area contributed by atoms with Gasteiger partial charge in [-0.1, -0.05) is 18.2 Å². The number of halogens is 1. The van der Waals surface area contributed by atoms with Crippen LogP contribution in [0.2, 0.25) is 0 Å². The average Bonchev–Trinajstić information content (AvgIpc) is 2.86. The molecule has 26 heavy (non-hydrogen) atoms. The number of ether oxygens (including phenoxy) is 1. The van der Waals surface area contributed by atoms with Crippen LogP contribution in [0.15, 0.2) is 65.6 Å². The molecule has 0 spiro atoms. The summed E-state index contributed by atoms with van der Waals surface area (Å²) in [5, 5.41) is 0. The van der Waals surface area contributed by atoms with Crippen LogP contribution in [0.25, 0.3) is 6.08 Å². The third kappa shape index (κ3) is 3.39. The molecule has 1 aromatic carbocycles. The van der Waals surface area contributed by atoms with Gasteiger partial charge in [0.1, 0.15) is 5.82 Å². The molecule has 0 bridgehead atoms. The van der Waals surface area contributed by atoms with E-state index in [1.807, 2.05) is 6.07 Å². The second-order valence-electron chi connectivity index (χ2n) is 5.82. The topological polar surface area (TPSA) is 59.5 Å². The molecule has 1 aliphatic heterocycles. The van der Waals surface area contributed by atoms with Gasteiger partial charge in [0.2, 0.25) is 0 Å². The van der Waals surface area contributed by atoms with E-state index in [2.05, 4.69) is 4.98 Å². The van der Waals surface area contributed by atoms with E-state index in [0.29, 0.717) is 11.3 Å². The van der Waals surface area contributed by atoms with Gasteiger partial charge in [-0.2, -0.15) is 0 Å². The molecule has 0 radical (unpaired) electrons. The molecular formula is C20H17FN2O3. The maximum Gasteiger partial charge on any atom is 0.340 e. The molecule has 0 aliphatic carbocycles. The first kappa shape index (κ1) is 17.5. The fraction of sp³-hybridized carbons (Fsp3) is 0.150. The van der Waals surface area contributed by atoms with Crippen LogP contribution in [0.5, 0.6) is 0 Å². The molecule has 0 fully saturated rings. The highest BCUT2D eigenvalue weighted by atomic mass is 19.1. The van der Waals surface area contributed by atoms with Crippen LogP contribution in [0.3, 0.4) is 0 Å². The van der Waals surface area contributed by atoms with E-state index >= 15 is 0 Å². The van der Waals surface area contributed by atoms with Crippen molar-refractivity contribution in [2.75, 3.05) is 7.11 Å². The first-order valence-corrected chi connectivity index (χ1v) is 7.99. The van der Waals surface area contributed by atoms with Crippen LogP contribution in [0.4, 0.5) is 4.39 Å². The molecule has 1 aliphatic rings. The lowest BCUT2D eigenvalue weighted by molar-refractivity contribution is -0.136. The van der Waals surface area contributed by atoms with Gasteiger partial charge in [0.05, 0.1) is 24.8 Å². The first-order chi connectivity index (χ1) is 12.5. The van der Waals surface area contributed by atoms with E-state index in [9.17, 15) is 14.0 Å². The highest BCUT2D eigenvalue weighted by Gasteiger charge is 2.36. The van der Waals surface area contributed by atoms with Crippen molar-refractivity contribution < 1.29 is 18.7 Å². The lowest BCUT2D eigenvalue weighted by atomic mass is 10.0. The molecule has 0 saturated heterocycles. The third-order valence-corrected chi connectivity index (χ3v) is 4.12. The minimum absolute atomic E-state index is 0.184. The average molecular weight is 352 g/mol. The second-order valence-corrected chi connectivity index (χ2v) is 5.82. The van der Waals surface area contributed by atoms with Crippen molar-refractivity contribution in [2.24, 2.45) is 0 Å². The molecule has 132 valence electrons. The Morgan fingerprint density at radius 2 is 2.12 bits per heavy atom. The van der Waals surface area contributed by atoms with Gasteiger partial charge in [0.25, 0.3) is 5.91 Å². The lowest BCUT2D eigenvalue weighted by Gasteiger charge is -2.17. The Bertz CT molecular complexity index is 920. The summed E-state index contributed by atoms with van der Waals surface area (Å²) >= 11 is 0. The minimum atomic E-state index is -0.604. The maximum atomic E-state index is 13.5. The number of carbonyl (C=O) groups is 2. The second kappa shape index (κ2) is 7.31. The SMILES string of the molecule is COC(=O)C1=C(C)N(Cc2cccnc2)C(=O)/C1=C\c1cccc(F)c1. The van der Waals surface area contributed by atoms with E-state index in [4.69, 9.17) is 4.74 Å². The van der Waals surface area contributed by atoms with E-state index in [1.165, 1.54) is 30.2 Å². The van der Waals surface area contributed by atoms with Crippen molar-refractivity contribution in [3.63, 3.8) is 0 Å². The molecule has 5 nitrogen and oxygen atoms in total. The zero-order valence-corrected chi connectivity index (χ0v) is 14.4. The number of aromatic nitrogens is 1. The van der Waals surface area contributed by atoms with Crippen LogP contribution in [0, 0.1) is 5.82 Å². The Morgan fingerprint density at radius 1 is 1.31 bits per heavy atom. The summed E-state index contributed by atoms with van der Waals surface area (Å²) in [5.74, 6) is -1.36. The minimum Gasteiger partial charge on any atom is -0.465 e. The highest BCUT2D eigenvalue weighted by molar-refractivity contribution is 6.16. The fourth-order valence-corrected chi connectivity index (χ4v) is 2.86. The molecule has 0 saturated carbocycles. The third-order valence-electron chi connectivity index (χ3n) is 4.12. The number of benzene rings is 1. The standard InChI is InChI=1S/C20H17FN2O3/c1-13-18(20(25)26-2)17(10-14-5-3-7-16(21)9-14)19(24)23(13)12-15-6-4-8-22-11-15/h3-11H,12H2,1-2H3/b17-10-. The van der Waals surface area contributed by atoms with Crippen molar-refractivity contribution in [3.05, 3.63) is 82.6 Å². The van der Waals surface area contributed by atoms with Gasteiger partial charge in [0, 0.05) is 18.1 Å². The first-order valence-electron chi connectivity index (χ1n) is 7.99. The smallest absolute Gasteiger partial charge is 0.340 e. The Kier molecular flexibility index (Phi) is 4.93. The Labute approximate surface area is 150 Å². The normalized spacial score (nSPS) is 15.7. The quantitative estimate of drug-likeness (QED) is 0.627. The van der Waals surface area contributed by atoms with Crippen molar-refractivity contribution in [1.82, 2.24) is 9.88 Å². The molecule has 3 rings (SSSR count). The van der Waals surface area contributed by atoms with Crippen LogP contribution in [-0.4, -0.2) is 28.9 Å². The molecular weight excluding hydrogens is 335 g/mol. The van der Waals surface area contributed by atoms with Gasteiger partial charge in [-0.3, -0.25) is 9.78 Å². The molecule has 6 heteroatoms. The Morgan fingerprint density at radius 3 is 2.77 bits per heavy atom.